The van der Waals surface area contributed by atoms with Crippen molar-refractivity contribution in [3.63, 3.8) is 0 Å². The highest BCUT2D eigenvalue weighted by Crippen LogP contribution is 2.06. The van der Waals surface area contributed by atoms with Crippen LogP contribution in [0, 0.1) is 5.92 Å². The number of nitrogens with zero attached hydrogens (tertiary/aromatic N) is 1. The molecule has 3 heteroatoms. The first kappa shape index (κ1) is 14.4. The molecule has 0 spiro atoms. The van der Waals surface area contributed by atoms with E-state index in [9.17, 15) is 4.79 Å². The molecule has 0 saturated carbocycles. The van der Waals surface area contributed by atoms with E-state index in [0.717, 1.165) is 19.5 Å². The summed E-state index contributed by atoms with van der Waals surface area (Å²) in [4.78, 5) is 13.5. The molecule has 0 aliphatic heterocycles. The largest absolute Gasteiger partial charge is 0.342 e. The molecule has 0 bridgehead atoms. The van der Waals surface area contributed by atoms with E-state index in [-0.39, 0.29) is 5.91 Å². The molecule has 0 heterocycles. The Labute approximate surface area is 94.2 Å². The molecule has 0 rings (SSSR count). The second-order valence-electron chi connectivity index (χ2n) is 4.12. The molecule has 2 atom stereocenters. The van der Waals surface area contributed by atoms with Crippen LogP contribution in [0.2, 0.25) is 0 Å². The van der Waals surface area contributed by atoms with Crippen LogP contribution in [0.3, 0.4) is 0 Å². The fraction of sp³-hybridized carbons (Fsp3) is 0.917. The number of carbonyl (C=O) groups excluding carboxylic acids is 1. The lowest BCUT2D eigenvalue weighted by Gasteiger charge is -2.23. The second kappa shape index (κ2) is 7.69. The van der Waals surface area contributed by atoms with Gasteiger partial charge in [0, 0.05) is 19.1 Å². The fourth-order valence-corrected chi connectivity index (χ4v) is 1.49. The Hall–Kier alpha value is -0.570. The van der Waals surface area contributed by atoms with Gasteiger partial charge in [0.05, 0.1) is 6.54 Å². The smallest absolute Gasteiger partial charge is 0.236 e. The van der Waals surface area contributed by atoms with E-state index in [1.807, 2.05) is 18.7 Å². The summed E-state index contributed by atoms with van der Waals surface area (Å²) in [5, 5.41) is 3.29. The van der Waals surface area contributed by atoms with Crippen LogP contribution in [-0.4, -0.2) is 36.5 Å². The van der Waals surface area contributed by atoms with Crippen molar-refractivity contribution in [3.8, 4) is 0 Å². The van der Waals surface area contributed by atoms with Gasteiger partial charge < -0.3 is 10.2 Å². The zero-order valence-corrected chi connectivity index (χ0v) is 10.8. The van der Waals surface area contributed by atoms with Gasteiger partial charge in [-0.2, -0.15) is 0 Å². The summed E-state index contributed by atoms with van der Waals surface area (Å²) in [5.74, 6) is 0.824. The molecular weight excluding hydrogens is 188 g/mol. The van der Waals surface area contributed by atoms with Crippen LogP contribution in [0.4, 0.5) is 0 Å². The topological polar surface area (TPSA) is 32.3 Å². The molecule has 0 aromatic heterocycles. The maximum Gasteiger partial charge on any atom is 0.236 e. The minimum absolute atomic E-state index is 0.204. The molecule has 15 heavy (non-hydrogen) atoms. The van der Waals surface area contributed by atoms with Crippen LogP contribution in [-0.2, 0) is 4.79 Å². The predicted octanol–water partition coefficient (Wildman–Crippen LogP) is 1.88. The number of amides is 1. The number of carbonyl (C=O) groups is 1. The van der Waals surface area contributed by atoms with Crippen molar-refractivity contribution in [1.82, 2.24) is 10.2 Å². The van der Waals surface area contributed by atoms with Gasteiger partial charge in [0.15, 0.2) is 0 Å². The number of hydrogen-bond acceptors (Lipinski definition) is 2. The Balaban J connectivity index is 3.89. The molecular formula is C12H26N2O. The van der Waals surface area contributed by atoms with E-state index >= 15 is 0 Å². The summed E-state index contributed by atoms with van der Waals surface area (Å²) in [6.07, 6.45) is 1.15. The lowest BCUT2D eigenvalue weighted by atomic mass is 10.0. The Morgan fingerprint density at radius 3 is 2.13 bits per heavy atom. The number of likely N-dealkylation sites (N-methyl/N-ethyl adjacent to an activating group) is 1. The molecule has 0 saturated heterocycles. The fourth-order valence-electron chi connectivity index (χ4n) is 1.49. The summed E-state index contributed by atoms with van der Waals surface area (Å²) < 4.78 is 0. The van der Waals surface area contributed by atoms with E-state index in [0.29, 0.717) is 18.5 Å². The highest BCUT2D eigenvalue weighted by atomic mass is 16.2. The van der Waals surface area contributed by atoms with Crippen LogP contribution in [0.1, 0.15) is 41.0 Å². The van der Waals surface area contributed by atoms with Gasteiger partial charge in [-0.1, -0.05) is 20.3 Å². The molecule has 2 unspecified atom stereocenters. The van der Waals surface area contributed by atoms with Crippen LogP contribution >= 0.6 is 0 Å². The second-order valence-corrected chi connectivity index (χ2v) is 4.12. The van der Waals surface area contributed by atoms with Crippen molar-refractivity contribution in [1.29, 1.82) is 0 Å². The highest BCUT2D eigenvalue weighted by molar-refractivity contribution is 5.78. The van der Waals surface area contributed by atoms with Gasteiger partial charge in [0.25, 0.3) is 0 Å². The molecule has 1 amide bonds. The van der Waals surface area contributed by atoms with Crippen molar-refractivity contribution in [2.24, 2.45) is 5.92 Å². The van der Waals surface area contributed by atoms with Crippen LogP contribution in [0.5, 0.6) is 0 Å². The number of rotatable bonds is 7. The van der Waals surface area contributed by atoms with Gasteiger partial charge in [0.1, 0.15) is 0 Å². The summed E-state index contributed by atoms with van der Waals surface area (Å²) in [6, 6.07) is 0.412. The zero-order chi connectivity index (χ0) is 11.8. The summed E-state index contributed by atoms with van der Waals surface area (Å²) in [7, 11) is 0. The van der Waals surface area contributed by atoms with Crippen LogP contribution < -0.4 is 5.32 Å². The quantitative estimate of drug-likeness (QED) is 0.702. The van der Waals surface area contributed by atoms with Gasteiger partial charge in [-0.25, -0.2) is 0 Å². The average molecular weight is 214 g/mol. The molecule has 1 N–H and O–H groups in total. The first-order chi connectivity index (χ1) is 7.06. The van der Waals surface area contributed by atoms with Crippen molar-refractivity contribution in [2.75, 3.05) is 19.6 Å². The third-order valence-corrected chi connectivity index (χ3v) is 3.19. The Morgan fingerprint density at radius 2 is 1.73 bits per heavy atom. The number of nitrogens with one attached hydrogen (secondary N) is 1. The van der Waals surface area contributed by atoms with Gasteiger partial charge >= 0.3 is 0 Å². The van der Waals surface area contributed by atoms with Gasteiger partial charge in [0.2, 0.25) is 5.91 Å². The summed E-state index contributed by atoms with van der Waals surface area (Å²) >= 11 is 0. The first-order valence-corrected chi connectivity index (χ1v) is 6.07. The minimum atomic E-state index is 0.204. The molecule has 90 valence electrons. The minimum Gasteiger partial charge on any atom is -0.342 e. The monoisotopic (exact) mass is 214 g/mol. The van der Waals surface area contributed by atoms with Crippen LogP contribution in [0.15, 0.2) is 0 Å². The maximum absolute atomic E-state index is 11.7. The normalized spacial score (nSPS) is 14.7. The third-order valence-electron chi connectivity index (χ3n) is 3.19. The molecule has 0 aliphatic rings. The zero-order valence-electron chi connectivity index (χ0n) is 10.8. The predicted molar refractivity (Wildman–Crippen MR) is 64.8 cm³/mol. The lowest BCUT2D eigenvalue weighted by molar-refractivity contribution is -0.130. The highest BCUT2D eigenvalue weighted by Gasteiger charge is 2.13. The average Bonchev–Trinajstić information content (AvgIpc) is 2.26. The Kier molecular flexibility index (Phi) is 7.39. The van der Waals surface area contributed by atoms with Crippen molar-refractivity contribution in [3.05, 3.63) is 0 Å². The summed E-state index contributed by atoms with van der Waals surface area (Å²) in [5.41, 5.74) is 0. The Morgan fingerprint density at radius 1 is 1.20 bits per heavy atom. The van der Waals surface area contributed by atoms with E-state index in [1.54, 1.807) is 0 Å². The molecule has 0 aromatic rings. The molecule has 0 fully saturated rings. The van der Waals surface area contributed by atoms with E-state index < -0.39 is 0 Å². The lowest BCUT2D eigenvalue weighted by Crippen LogP contribution is -2.42. The molecule has 0 radical (unpaired) electrons. The van der Waals surface area contributed by atoms with Gasteiger partial charge in [-0.3, -0.25) is 4.79 Å². The van der Waals surface area contributed by atoms with Gasteiger partial charge in [-0.15, -0.1) is 0 Å². The van der Waals surface area contributed by atoms with Crippen LogP contribution in [0.25, 0.3) is 0 Å². The van der Waals surface area contributed by atoms with Crippen molar-refractivity contribution in [2.45, 2.75) is 47.1 Å². The van der Waals surface area contributed by atoms with Crippen molar-refractivity contribution >= 4 is 5.91 Å². The van der Waals surface area contributed by atoms with Gasteiger partial charge in [-0.05, 0) is 26.7 Å². The maximum atomic E-state index is 11.7. The van der Waals surface area contributed by atoms with E-state index in [1.165, 1.54) is 0 Å². The molecule has 0 aliphatic carbocycles. The van der Waals surface area contributed by atoms with Crippen molar-refractivity contribution < 1.29 is 4.79 Å². The number of hydrogen-bond donors (Lipinski definition) is 1. The Bertz CT molecular complexity index is 178. The standard InChI is InChI=1S/C12H26N2O/c1-6-10(4)11(5)13-9-12(15)14(7-2)8-3/h10-11,13H,6-9H2,1-5H3. The molecule has 0 aromatic carbocycles. The third kappa shape index (κ3) is 5.17. The first-order valence-electron chi connectivity index (χ1n) is 6.07. The SMILES string of the molecule is CCC(C)C(C)NCC(=O)N(CC)CC. The molecule has 3 nitrogen and oxygen atoms in total. The summed E-state index contributed by atoms with van der Waals surface area (Å²) in [6.45, 7) is 12.6. The van der Waals surface area contributed by atoms with E-state index in [4.69, 9.17) is 0 Å². The van der Waals surface area contributed by atoms with E-state index in [2.05, 4.69) is 26.1 Å².